The van der Waals surface area contributed by atoms with E-state index in [1.165, 1.54) is 13.0 Å². The third-order valence-corrected chi connectivity index (χ3v) is 2.48. The molecule has 0 aliphatic rings. The molecule has 0 spiro atoms. The summed E-state index contributed by atoms with van der Waals surface area (Å²) in [7, 11) is 0. The van der Waals surface area contributed by atoms with Crippen LogP contribution in [0.5, 0.6) is 0 Å². The number of carbonyl (C=O) groups excluding carboxylic acids is 1. The van der Waals surface area contributed by atoms with E-state index < -0.39 is 4.92 Å². The van der Waals surface area contributed by atoms with Crippen molar-refractivity contribution >= 4 is 27.4 Å². The van der Waals surface area contributed by atoms with Crippen molar-refractivity contribution in [3.05, 3.63) is 38.3 Å². The van der Waals surface area contributed by atoms with Crippen LogP contribution in [0.2, 0.25) is 0 Å². The summed E-state index contributed by atoms with van der Waals surface area (Å²) in [5, 5.41) is 10.7. The lowest BCUT2D eigenvalue weighted by atomic mass is 10.1. The van der Waals surface area contributed by atoms with Gasteiger partial charge in [0.15, 0.2) is 0 Å². The first-order chi connectivity index (χ1) is 7.00. The van der Waals surface area contributed by atoms with Crippen molar-refractivity contribution < 1.29 is 9.72 Å². The molecular formula is C10H10BrNO3. The standard InChI is InChI=1S/C10H10BrNO3/c1-7(13)2-3-8-4-5-9(11)6-10(8)12(14)15/h4-6H,2-3H2,1H3. The molecule has 0 radical (unpaired) electrons. The highest BCUT2D eigenvalue weighted by molar-refractivity contribution is 9.10. The van der Waals surface area contributed by atoms with Crippen LogP contribution < -0.4 is 0 Å². The summed E-state index contributed by atoms with van der Waals surface area (Å²) in [6, 6.07) is 4.86. The minimum Gasteiger partial charge on any atom is -0.300 e. The average Bonchev–Trinajstić information content (AvgIpc) is 2.15. The van der Waals surface area contributed by atoms with E-state index in [4.69, 9.17) is 0 Å². The van der Waals surface area contributed by atoms with Gasteiger partial charge in [-0.1, -0.05) is 22.0 Å². The fraction of sp³-hybridized carbons (Fsp3) is 0.300. The fourth-order valence-electron chi connectivity index (χ4n) is 1.23. The number of Topliss-reactive ketones (excluding diaryl/α,β-unsaturated/α-hetero) is 1. The fourth-order valence-corrected chi connectivity index (χ4v) is 1.58. The summed E-state index contributed by atoms with van der Waals surface area (Å²) in [5.41, 5.74) is 0.657. The Kier molecular flexibility index (Phi) is 3.96. The molecule has 0 atom stereocenters. The molecule has 0 saturated heterocycles. The van der Waals surface area contributed by atoms with Crippen LogP contribution in [0.3, 0.4) is 0 Å². The maximum absolute atomic E-state index is 10.8. The largest absolute Gasteiger partial charge is 0.300 e. The van der Waals surface area contributed by atoms with Crippen LogP contribution in [0, 0.1) is 10.1 Å². The van der Waals surface area contributed by atoms with Gasteiger partial charge in [0.2, 0.25) is 0 Å². The maximum atomic E-state index is 10.8. The van der Waals surface area contributed by atoms with Gasteiger partial charge in [0.05, 0.1) is 4.92 Å². The lowest BCUT2D eigenvalue weighted by molar-refractivity contribution is -0.385. The summed E-state index contributed by atoms with van der Waals surface area (Å²) in [5.74, 6) is 0.0345. The first-order valence-electron chi connectivity index (χ1n) is 4.43. The van der Waals surface area contributed by atoms with Crippen molar-refractivity contribution in [1.29, 1.82) is 0 Å². The number of carbonyl (C=O) groups is 1. The van der Waals surface area contributed by atoms with Crippen molar-refractivity contribution in [3.63, 3.8) is 0 Å². The van der Waals surface area contributed by atoms with E-state index in [1.54, 1.807) is 12.1 Å². The van der Waals surface area contributed by atoms with Gasteiger partial charge in [0, 0.05) is 22.5 Å². The SMILES string of the molecule is CC(=O)CCc1ccc(Br)cc1[N+](=O)[O-]. The van der Waals surface area contributed by atoms with Crippen LogP contribution in [0.4, 0.5) is 5.69 Å². The van der Waals surface area contributed by atoms with E-state index in [1.807, 2.05) is 0 Å². The Morgan fingerprint density at radius 3 is 2.73 bits per heavy atom. The molecule has 0 aliphatic heterocycles. The second-order valence-corrected chi connectivity index (χ2v) is 4.15. The molecule has 1 aromatic carbocycles. The number of nitro groups is 1. The number of ketones is 1. The lowest BCUT2D eigenvalue weighted by Gasteiger charge is -2.01. The first-order valence-corrected chi connectivity index (χ1v) is 5.22. The number of benzene rings is 1. The summed E-state index contributed by atoms with van der Waals surface area (Å²) in [4.78, 5) is 21.1. The zero-order chi connectivity index (χ0) is 11.4. The average molecular weight is 272 g/mol. The van der Waals surface area contributed by atoms with E-state index in [0.29, 0.717) is 22.9 Å². The molecule has 0 heterocycles. The van der Waals surface area contributed by atoms with E-state index in [9.17, 15) is 14.9 Å². The predicted octanol–water partition coefficient (Wildman–Crippen LogP) is 2.88. The zero-order valence-electron chi connectivity index (χ0n) is 8.20. The van der Waals surface area contributed by atoms with Gasteiger partial charge in [0.25, 0.3) is 5.69 Å². The zero-order valence-corrected chi connectivity index (χ0v) is 9.78. The van der Waals surface area contributed by atoms with Gasteiger partial charge in [-0.15, -0.1) is 0 Å². The highest BCUT2D eigenvalue weighted by atomic mass is 79.9. The van der Waals surface area contributed by atoms with Crippen LogP contribution in [0.15, 0.2) is 22.7 Å². The minimum atomic E-state index is -0.430. The molecule has 5 heteroatoms. The number of hydrogen-bond acceptors (Lipinski definition) is 3. The Morgan fingerprint density at radius 2 is 2.20 bits per heavy atom. The van der Waals surface area contributed by atoms with Crippen LogP contribution in [-0.4, -0.2) is 10.7 Å². The van der Waals surface area contributed by atoms with Gasteiger partial charge < -0.3 is 4.79 Å². The molecule has 0 unspecified atom stereocenters. The van der Waals surface area contributed by atoms with Gasteiger partial charge in [-0.05, 0) is 19.4 Å². The van der Waals surface area contributed by atoms with Gasteiger partial charge in [-0.3, -0.25) is 10.1 Å². The first kappa shape index (κ1) is 11.8. The minimum absolute atomic E-state index is 0.0345. The van der Waals surface area contributed by atoms with E-state index >= 15 is 0 Å². The molecule has 0 aromatic heterocycles. The molecule has 0 N–H and O–H groups in total. The summed E-state index contributed by atoms with van der Waals surface area (Å²) < 4.78 is 0.667. The third-order valence-electron chi connectivity index (χ3n) is 1.99. The van der Waals surface area contributed by atoms with Crippen molar-refractivity contribution in [3.8, 4) is 0 Å². The predicted molar refractivity (Wildman–Crippen MR) is 59.8 cm³/mol. The van der Waals surface area contributed by atoms with Gasteiger partial charge in [0.1, 0.15) is 5.78 Å². The number of halogens is 1. The summed E-state index contributed by atoms with van der Waals surface area (Å²) in [6.07, 6.45) is 0.751. The molecule has 15 heavy (non-hydrogen) atoms. The Balaban J connectivity index is 2.95. The van der Waals surface area contributed by atoms with Crippen LogP contribution in [0.1, 0.15) is 18.9 Å². The second-order valence-electron chi connectivity index (χ2n) is 3.23. The highest BCUT2D eigenvalue weighted by Gasteiger charge is 2.13. The third kappa shape index (κ3) is 3.43. The molecule has 0 bridgehead atoms. The van der Waals surface area contributed by atoms with E-state index in [-0.39, 0.29) is 11.5 Å². The molecule has 0 aliphatic carbocycles. The second kappa shape index (κ2) is 5.02. The van der Waals surface area contributed by atoms with Crippen LogP contribution in [-0.2, 0) is 11.2 Å². The number of nitrogens with zero attached hydrogens (tertiary/aromatic N) is 1. The number of hydrogen-bond donors (Lipinski definition) is 0. The van der Waals surface area contributed by atoms with Crippen LogP contribution >= 0.6 is 15.9 Å². The molecular weight excluding hydrogens is 262 g/mol. The molecule has 0 fully saturated rings. The van der Waals surface area contributed by atoms with E-state index in [2.05, 4.69) is 15.9 Å². The molecule has 1 rings (SSSR count). The van der Waals surface area contributed by atoms with Crippen molar-refractivity contribution in [2.24, 2.45) is 0 Å². The van der Waals surface area contributed by atoms with Crippen molar-refractivity contribution in [1.82, 2.24) is 0 Å². The Hall–Kier alpha value is -1.23. The molecule has 0 saturated carbocycles. The lowest BCUT2D eigenvalue weighted by Crippen LogP contribution is -1.99. The van der Waals surface area contributed by atoms with Gasteiger partial charge in [-0.25, -0.2) is 0 Å². The Bertz CT molecular complexity index is 404. The number of aryl methyl sites for hydroxylation is 1. The molecule has 0 amide bonds. The van der Waals surface area contributed by atoms with Crippen molar-refractivity contribution in [2.45, 2.75) is 19.8 Å². The number of rotatable bonds is 4. The highest BCUT2D eigenvalue weighted by Crippen LogP contribution is 2.24. The topological polar surface area (TPSA) is 60.2 Å². The molecule has 80 valence electrons. The summed E-state index contributed by atoms with van der Waals surface area (Å²) in [6.45, 7) is 1.48. The Morgan fingerprint density at radius 1 is 1.53 bits per heavy atom. The normalized spacial score (nSPS) is 10.0. The summed E-state index contributed by atoms with van der Waals surface area (Å²) >= 11 is 3.17. The maximum Gasteiger partial charge on any atom is 0.273 e. The van der Waals surface area contributed by atoms with Crippen molar-refractivity contribution in [2.75, 3.05) is 0 Å². The van der Waals surface area contributed by atoms with Gasteiger partial charge in [-0.2, -0.15) is 0 Å². The number of nitro benzene ring substituents is 1. The molecule has 4 nitrogen and oxygen atoms in total. The smallest absolute Gasteiger partial charge is 0.273 e. The van der Waals surface area contributed by atoms with Gasteiger partial charge >= 0.3 is 0 Å². The monoisotopic (exact) mass is 271 g/mol. The quantitative estimate of drug-likeness (QED) is 0.625. The Labute approximate surface area is 95.6 Å². The van der Waals surface area contributed by atoms with Crippen LogP contribution in [0.25, 0.3) is 0 Å². The van der Waals surface area contributed by atoms with E-state index in [0.717, 1.165) is 0 Å². The molecule has 1 aromatic rings.